The highest BCUT2D eigenvalue weighted by Gasteiger charge is 2.49. The molecule has 6 nitrogen and oxygen atoms in total. The molecule has 3 atom stereocenters. The molecule has 2 aromatic rings. The monoisotopic (exact) mass is 389 g/mol. The Hall–Kier alpha value is -3.33. The van der Waals surface area contributed by atoms with E-state index in [0.29, 0.717) is 30.8 Å². The summed E-state index contributed by atoms with van der Waals surface area (Å²) in [7, 11) is 1.63. The van der Waals surface area contributed by atoms with E-state index in [0.717, 1.165) is 11.3 Å². The average Bonchev–Trinajstić information content (AvgIpc) is 3.31. The molecule has 29 heavy (non-hydrogen) atoms. The number of benzene rings is 2. The molecule has 0 N–H and O–H groups in total. The summed E-state index contributed by atoms with van der Waals surface area (Å²) in [4.78, 5) is 29.1. The molecule has 2 heterocycles. The van der Waals surface area contributed by atoms with Gasteiger partial charge >= 0.3 is 0 Å². The molecule has 0 aliphatic carbocycles. The van der Waals surface area contributed by atoms with Crippen LogP contribution < -0.4 is 4.74 Å². The van der Waals surface area contributed by atoms with Gasteiger partial charge in [0.1, 0.15) is 5.75 Å². The van der Waals surface area contributed by atoms with Gasteiger partial charge in [-0.15, -0.1) is 0 Å². The van der Waals surface area contributed by atoms with Gasteiger partial charge in [0.05, 0.1) is 24.8 Å². The van der Waals surface area contributed by atoms with E-state index in [1.54, 1.807) is 38.3 Å². The van der Waals surface area contributed by atoms with Crippen LogP contribution in [0.4, 0.5) is 0 Å². The second-order valence-corrected chi connectivity index (χ2v) is 7.72. The molecule has 0 radical (unpaired) electrons. The summed E-state index contributed by atoms with van der Waals surface area (Å²) in [6.45, 7) is 3.48. The van der Waals surface area contributed by atoms with Crippen molar-refractivity contribution in [2.75, 3.05) is 26.7 Å². The van der Waals surface area contributed by atoms with E-state index in [1.807, 2.05) is 34.1 Å². The standard InChI is InChI=1S/C23H23N3O3/c1-15(27)26-13-19-12-25(23(28)18-5-3-4-16(10-18)11-24)14-21(19)22(26)17-6-8-20(29-2)9-7-17/h3-10,19,21-22H,12-14H2,1-2H3/t19-,21-,22+/m1/s1. The normalized spacial score (nSPS) is 22.9. The van der Waals surface area contributed by atoms with Crippen molar-refractivity contribution in [2.45, 2.75) is 13.0 Å². The van der Waals surface area contributed by atoms with Crippen molar-refractivity contribution in [3.63, 3.8) is 0 Å². The van der Waals surface area contributed by atoms with Gasteiger partial charge < -0.3 is 14.5 Å². The molecule has 2 aromatic carbocycles. The van der Waals surface area contributed by atoms with Gasteiger partial charge in [0.15, 0.2) is 0 Å². The minimum atomic E-state index is -0.0562. The number of hydrogen-bond acceptors (Lipinski definition) is 4. The molecule has 0 bridgehead atoms. The lowest BCUT2D eigenvalue weighted by Gasteiger charge is -2.29. The smallest absolute Gasteiger partial charge is 0.253 e. The number of ether oxygens (including phenoxy) is 1. The van der Waals surface area contributed by atoms with Gasteiger partial charge in [-0.2, -0.15) is 5.26 Å². The number of methoxy groups -OCH3 is 1. The first-order chi connectivity index (χ1) is 14.0. The van der Waals surface area contributed by atoms with Crippen LogP contribution in [0.1, 0.15) is 34.5 Å². The maximum absolute atomic E-state index is 13.0. The molecular weight excluding hydrogens is 366 g/mol. The first kappa shape index (κ1) is 19.0. The van der Waals surface area contributed by atoms with E-state index in [2.05, 4.69) is 6.07 Å². The summed E-state index contributed by atoms with van der Waals surface area (Å²) in [6, 6.07) is 16.7. The number of carbonyl (C=O) groups is 2. The van der Waals surface area contributed by atoms with Gasteiger partial charge in [-0.25, -0.2) is 0 Å². The van der Waals surface area contributed by atoms with Gasteiger partial charge in [-0.3, -0.25) is 9.59 Å². The first-order valence-electron chi connectivity index (χ1n) is 9.72. The van der Waals surface area contributed by atoms with Crippen molar-refractivity contribution in [3.8, 4) is 11.8 Å². The fourth-order valence-corrected chi connectivity index (χ4v) is 4.67. The van der Waals surface area contributed by atoms with Crippen molar-refractivity contribution in [3.05, 3.63) is 65.2 Å². The fraction of sp³-hybridized carbons (Fsp3) is 0.348. The van der Waals surface area contributed by atoms with Crippen LogP contribution in [0.25, 0.3) is 0 Å². The molecule has 0 unspecified atom stereocenters. The quantitative estimate of drug-likeness (QED) is 0.809. The summed E-state index contributed by atoms with van der Waals surface area (Å²) < 4.78 is 5.25. The summed E-state index contributed by atoms with van der Waals surface area (Å²) in [5.41, 5.74) is 2.08. The number of nitrogens with zero attached hydrogens (tertiary/aromatic N) is 3. The number of carbonyl (C=O) groups excluding carboxylic acids is 2. The molecule has 0 spiro atoms. The van der Waals surface area contributed by atoms with Gasteiger partial charge in [0, 0.05) is 44.0 Å². The molecule has 2 aliphatic rings. The molecule has 4 rings (SSSR count). The van der Waals surface area contributed by atoms with Crippen LogP contribution in [0.2, 0.25) is 0 Å². The highest BCUT2D eigenvalue weighted by molar-refractivity contribution is 5.94. The Balaban J connectivity index is 1.58. The summed E-state index contributed by atoms with van der Waals surface area (Å²) in [6.07, 6.45) is 0. The number of hydrogen-bond donors (Lipinski definition) is 0. The van der Waals surface area contributed by atoms with E-state index in [9.17, 15) is 9.59 Å². The molecule has 0 aromatic heterocycles. The second kappa shape index (κ2) is 7.59. The molecule has 6 heteroatoms. The largest absolute Gasteiger partial charge is 0.497 e. The van der Waals surface area contributed by atoms with E-state index in [1.165, 1.54) is 0 Å². The lowest BCUT2D eigenvalue weighted by atomic mass is 9.89. The molecule has 0 saturated carbocycles. The number of likely N-dealkylation sites (tertiary alicyclic amines) is 2. The minimum absolute atomic E-state index is 0.0494. The fourth-order valence-electron chi connectivity index (χ4n) is 4.67. The lowest BCUT2D eigenvalue weighted by Crippen LogP contribution is -2.36. The Labute approximate surface area is 170 Å². The molecule has 2 fully saturated rings. The SMILES string of the molecule is COc1ccc([C@H]2[C@@H]3CN(C(=O)c4cccc(C#N)c4)C[C@@H]3CN2C(C)=O)cc1. The predicted octanol–water partition coefficient (Wildman–Crippen LogP) is 2.86. The van der Waals surface area contributed by atoms with Gasteiger partial charge in [-0.05, 0) is 35.9 Å². The van der Waals surface area contributed by atoms with E-state index in [4.69, 9.17) is 10.00 Å². The summed E-state index contributed by atoms with van der Waals surface area (Å²) in [5.74, 6) is 1.21. The van der Waals surface area contributed by atoms with Crippen molar-refractivity contribution in [1.82, 2.24) is 9.80 Å². The molecular formula is C23H23N3O3. The van der Waals surface area contributed by atoms with Gasteiger partial charge in [-0.1, -0.05) is 18.2 Å². The Kier molecular flexibility index (Phi) is 4.98. The van der Waals surface area contributed by atoms with Crippen molar-refractivity contribution in [1.29, 1.82) is 5.26 Å². The molecule has 2 amide bonds. The van der Waals surface area contributed by atoms with Crippen molar-refractivity contribution >= 4 is 11.8 Å². The topological polar surface area (TPSA) is 73.6 Å². The zero-order valence-corrected chi connectivity index (χ0v) is 16.5. The third-order valence-electron chi connectivity index (χ3n) is 6.05. The molecule has 2 aliphatic heterocycles. The van der Waals surface area contributed by atoms with Crippen LogP contribution >= 0.6 is 0 Å². The number of amides is 2. The van der Waals surface area contributed by atoms with E-state index >= 15 is 0 Å². The van der Waals surface area contributed by atoms with Crippen LogP contribution in [0.3, 0.4) is 0 Å². The Morgan fingerprint density at radius 2 is 1.86 bits per heavy atom. The van der Waals surface area contributed by atoms with Crippen molar-refractivity contribution in [2.24, 2.45) is 11.8 Å². The van der Waals surface area contributed by atoms with E-state index in [-0.39, 0.29) is 29.7 Å². The second-order valence-electron chi connectivity index (χ2n) is 7.72. The lowest BCUT2D eigenvalue weighted by molar-refractivity contribution is -0.130. The predicted molar refractivity (Wildman–Crippen MR) is 107 cm³/mol. The number of nitriles is 1. The Morgan fingerprint density at radius 3 is 2.52 bits per heavy atom. The Morgan fingerprint density at radius 1 is 1.10 bits per heavy atom. The minimum Gasteiger partial charge on any atom is -0.497 e. The third kappa shape index (κ3) is 3.44. The van der Waals surface area contributed by atoms with Crippen LogP contribution in [0, 0.1) is 23.2 Å². The maximum Gasteiger partial charge on any atom is 0.253 e. The first-order valence-corrected chi connectivity index (χ1v) is 9.72. The van der Waals surface area contributed by atoms with Crippen LogP contribution in [0.15, 0.2) is 48.5 Å². The summed E-state index contributed by atoms with van der Waals surface area (Å²) >= 11 is 0. The highest BCUT2D eigenvalue weighted by Crippen LogP contribution is 2.45. The van der Waals surface area contributed by atoms with Crippen LogP contribution in [-0.4, -0.2) is 48.4 Å². The summed E-state index contributed by atoms with van der Waals surface area (Å²) in [5, 5.41) is 9.10. The maximum atomic E-state index is 13.0. The highest BCUT2D eigenvalue weighted by atomic mass is 16.5. The molecule has 148 valence electrons. The zero-order valence-electron chi connectivity index (χ0n) is 16.5. The van der Waals surface area contributed by atoms with Gasteiger partial charge in [0.2, 0.25) is 5.91 Å². The van der Waals surface area contributed by atoms with E-state index < -0.39 is 0 Å². The third-order valence-corrected chi connectivity index (χ3v) is 6.05. The van der Waals surface area contributed by atoms with Crippen molar-refractivity contribution < 1.29 is 14.3 Å². The van der Waals surface area contributed by atoms with Gasteiger partial charge in [0.25, 0.3) is 5.91 Å². The van der Waals surface area contributed by atoms with Crippen LogP contribution in [0.5, 0.6) is 5.75 Å². The average molecular weight is 389 g/mol. The molecule has 2 saturated heterocycles. The number of fused-ring (bicyclic) bond motifs is 1. The zero-order chi connectivity index (χ0) is 20.5. The Bertz CT molecular complexity index is 980. The number of rotatable bonds is 3. The van der Waals surface area contributed by atoms with Crippen LogP contribution in [-0.2, 0) is 4.79 Å².